The van der Waals surface area contributed by atoms with Crippen molar-refractivity contribution in [2.75, 3.05) is 20.2 Å². The van der Waals surface area contributed by atoms with E-state index >= 15 is 0 Å². The third-order valence-electron chi connectivity index (χ3n) is 3.82. The molecule has 0 aromatic heterocycles. The first-order valence-corrected chi connectivity index (χ1v) is 6.65. The topological polar surface area (TPSA) is 72.7 Å². The molecule has 1 fully saturated rings. The minimum atomic E-state index is -0.674. The molecule has 1 aromatic rings. The lowest BCUT2D eigenvalue weighted by Crippen LogP contribution is -2.49. The maximum atomic E-state index is 13.3. The molecule has 1 aromatic carbocycles. The van der Waals surface area contributed by atoms with Crippen molar-refractivity contribution >= 4 is 11.6 Å². The molecule has 114 valence electrons. The molecule has 1 heterocycles. The highest BCUT2D eigenvalue weighted by Gasteiger charge is 2.35. The minimum Gasteiger partial charge on any atom is -0.377 e. The fourth-order valence-corrected chi connectivity index (χ4v) is 2.55. The molecule has 1 aliphatic rings. The zero-order chi connectivity index (χ0) is 15.6. The molecule has 1 saturated heterocycles. The molecule has 1 unspecified atom stereocenters. The largest absolute Gasteiger partial charge is 0.377 e. The number of halogens is 1. The molecule has 0 saturated carbocycles. The van der Waals surface area contributed by atoms with Crippen LogP contribution in [0, 0.1) is 15.9 Å². The van der Waals surface area contributed by atoms with Gasteiger partial charge < -0.3 is 9.64 Å². The van der Waals surface area contributed by atoms with Crippen LogP contribution in [0.2, 0.25) is 0 Å². The number of nitro benzene ring substituents is 1. The van der Waals surface area contributed by atoms with Gasteiger partial charge in [-0.3, -0.25) is 14.9 Å². The molecule has 6 nitrogen and oxygen atoms in total. The lowest BCUT2D eigenvalue weighted by molar-refractivity contribution is -0.385. The minimum absolute atomic E-state index is 0.222. The van der Waals surface area contributed by atoms with Gasteiger partial charge in [0.1, 0.15) is 11.4 Å². The van der Waals surface area contributed by atoms with Gasteiger partial charge >= 0.3 is 0 Å². The SMILES string of the molecule is COC1(C)CCCN(C(=O)c2cc(F)ccc2[N+](=O)[O-])C1. The van der Waals surface area contributed by atoms with Crippen LogP contribution in [0.25, 0.3) is 0 Å². The summed E-state index contributed by atoms with van der Waals surface area (Å²) >= 11 is 0. The van der Waals surface area contributed by atoms with Crippen LogP contribution in [0.5, 0.6) is 0 Å². The number of amides is 1. The van der Waals surface area contributed by atoms with Crippen LogP contribution in [0.1, 0.15) is 30.1 Å². The number of methoxy groups -OCH3 is 1. The zero-order valence-electron chi connectivity index (χ0n) is 12.0. The third-order valence-corrected chi connectivity index (χ3v) is 3.82. The molecule has 2 rings (SSSR count). The number of carbonyl (C=O) groups is 1. The number of hydrogen-bond acceptors (Lipinski definition) is 4. The number of piperidine rings is 1. The number of likely N-dealkylation sites (tertiary alicyclic amines) is 1. The molecule has 0 aliphatic carbocycles. The summed E-state index contributed by atoms with van der Waals surface area (Å²) in [6.07, 6.45) is 1.54. The summed E-state index contributed by atoms with van der Waals surface area (Å²) in [4.78, 5) is 24.3. The highest BCUT2D eigenvalue weighted by molar-refractivity contribution is 5.98. The second kappa shape index (κ2) is 5.77. The van der Waals surface area contributed by atoms with E-state index < -0.39 is 22.2 Å². The van der Waals surface area contributed by atoms with E-state index in [4.69, 9.17) is 4.74 Å². The number of benzene rings is 1. The summed E-state index contributed by atoms with van der Waals surface area (Å²) in [7, 11) is 1.57. The van der Waals surface area contributed by atoms with E-state index in [1.165, 1.54) is 4.90 Å². The molecule has 21 heavy (non-hydrogen) atoms. The second-order valence-electron chi connectivity index (χ2n) is 5.40. The van der Waals surface area contributed by atoms with Crippen LogP contribution in [0.4, 0.5) is 10.1 Å². The summed E-state index contributed by atoms with van der Waals surface area (Å²) in [5.41, 5.74) is -1.08. The summed E-state index contributed by atoms with van der Waals surface area (Å²) in [5, 5.41) is 11.0. The lowest BCUT2D eigenvalue weighted by atomic mass is 9.94. The van der Waals surface area contributed by atoms with Crippen molar-refractivity contribution in [3.63, 3.8) is 0 Å². The Morgan fingerprint density at radius 1 is 1.52 bits per heavy atom. The van der Waals surface area contributed by atoms with Gasteiger partial charge in [-0.15, -0.1) is 0 Å². The van der Waals surface area contributed by atoms with Gasteiger partial charge in [-0.2, -0.15) is 0 Å². The van der Waals surface area contributed by atoms with Gasteiger partial charge in [0, 0.05) is 26.3 Å². The van der Waals surface area contributed by atoms with Crippen LogP contribution >= 0.6 is 0 Å². The fourth-order valence-electron chi connectivity index (χ4n) is 2.55. The number of nitro groups is 1. The average molecular weight is 296 g/mol. The average Bonchev–Trinajstić information content (AvgIpc) is 2.46. The number of carbonyl (C=O) groups excluding carboxylic acids is 1. The van der Waals surface area contributed by atoms with Crippen molar-refractivity contribution in [2.24, 2.45) is 0 Å². The molecular weight excluding hydrogens is 279 g/mol. The molecule has 1 amide bonds. The number of hydrogen-bond donors (Lipinski definition) is 0. The van der Waals surface area contributed by atoms with Gasteiger partial charge in [0.25, 0.3) is 11.6 Å². The highest BCUT2D eigenvalue weighted by atomic mass is 19.1. The maximum Gasteiger partial charge on any atom is 0.282 e. The quantitative estimate of drug-likeness (QED) is 0.634. The maximum absolute atomic E-state index is 13.3. The molecule has 0 spiro atoms. The van der Waals surface area contributed by atoms with Crippen molar-refractivity contribution < 1.29 is 18.8 Å². The normalized spacial score (nSPS) is 22.1. The van der Waals surface area contributed by atoms with E-state index in [0.29, 0.717) is 13.1 Å². The lowest BCUT2D eigenvalue weighted by Gasteiger charge is -2.39. The zero-order valence-corrected chi connectivity index (χ0v) is 12.0. The van der Waals surface area contributed by atoms with Gasteiger partial charge in [-0.1, -0.05) is 0 Å². The third kappa shape index (κ3) is 3.18. The molecule has 0 N–H and O–H groups in total. The van der Waals surface area contributed by atoms with Crippen LogP contribution in [0.3, 0.4) is 0 Å². The van der Waals surface area contributed by atoms with Gasteiger partial charge in [-0.05, 0) is 31.9 Å². The molecule has 1 atom stereocenters. The van der Waals surface area contributed by atoms with Crippen molar-refractivity contribution in [3.05, 3.63) is 39.7 Å². The van der Waals surface area contributed by atoms with Gasteiger partial charge in [0.05, 0.1) is 10.5 Å². The van der Waals surface area contributed by atoms with Crippen molar-refractivity contribution in [1.82, 2.24) is 4.90 Å². The van der Waals surface area contributed by atoms with Crippen molar-refractivity contribution in [2.45, 2.75) is 25.4 Å². The standard InChI is InChI=1S/C14H17FN2O4/c1-14(21-2)6-3-7-16(9-14)13(18)11-8-10(15)4-5-12(11)17(19)20/h4-5,8H,3,6-7,9H2,1-2H3. The highest BCUT2D eigenvalue weighted by Crippen LogP contribution is 2.27. The molecule has 0 bridgehead atoms. The number of rotatable bonds is 3. The first-order chi connectivity index (χ1) is 9.86. The van der Waals surface area contributed by atoms with E-state index in [-0.39, 0.29) is 11.3 Å². The number of nitrogens with zero attached hydrogens (tertiary/aromatic N) is 2. The van der Waals surface area contributed by atoms with Crippen LogP contribution < -0.4 is 0 Å². The predicted molar refractivity (Wildman–Crippen MR) is 73.6 cm³/mol. The molecule has 1 aliphatic heterocycles. The smallest absolute Gasteiger partial charge is 0.282 e. The summed E-state index contributed by atoms with van der Waals surface area (Å²) in [6.45, 7) is 2.69. The summed E-state index contributed by atoms with van der Waals surface area (Å²) < 4.78 is 18.7. The second-order valence-corrected chi connectivity index (χ2v) is 5.40. The van der Waals surface area contributed by atoms with Gasteiger partial charge in [0.15, 0.2) is 0 Å². The van der Waals surface area contributed by atoms with E-state index in [2.05, 4.69) is 0 Å². The van der Waals surface area contributed by atoms with E-state index in [1.54, 1.807) is 7.11 Å². The van der Waals surface area contributed by atoms with Crippen LogP contribution in [-0.4, -0.2) is 41.5 Å². The van der Waals surface area contributed by atoms with Gasteiger partial charge in [-0.25, -0.2) is 4.39 Å². The molecular formula is C14H17FN2O4. The fraction of sp³-hybridized carbons (Fsp3) is 0.500. The molecule has 0 radical (unpaired) electrons. The Labute approximate surface area is 121 Å². The summed E-state index contributed by atoms with van der Waals surface area (Å²) in [5.74, 6) is -1.21. The first kappa shape index (κ1) is 15.4. The Morgan fingerprint density at radius 2 is 2.24 bits per heavy atom. The Hall–Kier alpha value is -2.02. The predicted octanol–water partition coefficient (Wildman–Crippen LogP) is 2.38. The Bertz CT molecular complexity index is 578. The van der Waals surface area contributed by atoms with Crippen molar-refractivity contribution in [3.8, 4) is 0 Å². The van der Waals surface area contributed by atoms with E-state index in [9.17, 15) is 19.3 Å². The number of ether oxygens (including phenoxy) is 1. The first-order valence-electron chi connectivity index (χ1n) is 6.65. The Balaban J connectivity index is 2.32. The Morgan fingerprint density at radius 3 is 2.86 bits per heavy atom. The monoisotopic (exact) mass is 296 g/mol. The summed E-state index contributed by atoms with van der Waals surface area (Å²) in [6, 6.07) is 2.91. The van der Waals surface area contributed by atoms with Gasteiger partial charge in [0.2, 0.25) is 0 Å². The molecule has 7 heteroatoms. The van der Waals surface area contributed by atoms with Crippen LogP contribution in [0.15, 0.2) is 18.2 Å². The van der Waals surface area contributed by atoms with E-state index in [0.717, 1.165) is 31.0 Å². The Kier molecular flexibility index (Phi) is 4.22. The van der Waals surface area contributed by atoms with Crippen LogP contribution in [-0.2, 0) is 4.74 Å². The van der Waals surface area contributed by atoms with E-state index in [1.807, 2.05) is 6.92 Å². The van der Waals surface area contributed by atoms with Crippen molar-refractivity contribution in [1.29, 1.82) is 0 Å².